The fourth-order valence-corrected chi connectivity index (χ4v) is 5.21. The summed E-state index contributed by atoms with van der Waals surface area (Å²) in [6.07, 6.45) is 1.54. The van der Waals surface area contributed by atoms with Gasteiger partial charge in [-0.1, -0.05) is 76.2 Å². The van der Waals surface area contributed by atoms with Gasteiger partial charge in [0, 0.05) is 5.69 Å². The molecule has 0 aromatic heterocycles. The Hall–Kier alpha value is -3.12. The largest absolute Gasteiger partial charge is 0.324 e. The number of sulfonamides is 1. The Kier molecular flexibility index (Phi) is 7.92. The van der Waals surface area contributed by atoms with Gasteiger partial charge in [0.25, 0.3) is 10.0 Å². The number of amides is 1. The van der Waals surface area contributed by atoms with Crippen molar-refractivity contribution in [2.24, 2.45) is 0 Å². The molecule has 33 heavy (non-hydrogen) atoms. The predicted molar refractivity (Wildman–Crippen MR) is 135 cm³/mol. The lowest BCUT2D eigenvalue weighted by atomic mass is 10.0. The molecule has 0 aliphatic carbocycles. The van der Waals surface area contributed by atoms with Crippen molar-refractivity contribution < 1.29 is 13.2 Å². The topological polar surface area (TPSA) is 66.5 Å². The number of carbonyl (C=O) groups excluding carboxylic acids is 1. The van der Waals surface area contributed by atoms with E-state index in [1.165, 1.54) is 4.31 Å². The number of carbonyl (C=O) groups is 1. The highest BCUT2D eigenvalue weighted by molar-refractivity contribution is 7.92. The molecule has 3 aromatic rings. The lowest BCUT2D eigenvalue weighted by Crippen LogP contribution is -2.38. The quantitative estimate of drug-likeness (QED) is 0.437. The van der Waals surface area contributed by atoms with Crippen molar-refractivity contribution in [2.45, 2.75) is 51.3 Å². The lowest BCUT2D eigenvalue weighted by Gasteiger charge is -2.25. The van der Waals surface area contributed by atoms with E-state index in [-0.39, 0.29) is 17.3 Å². The van der Waals surface area contributed by atoms with Crippen molar-refractivity contribution in [1.82, 2.24) is 0 Å². The second kappa shape index (κ2) is 10.7. The number of nitrogens with one attached hydrogen (secondary N) is 1. The van der Waals surface area contributed by atoms with Gasteiger partial charge in [-0.3, -0.25) is 9.10 Å². The molecular weight excluding hydrogens is 432 g/mol. The van der Waals surface area contributed by atoms with E-state index in [0.29, 0.717) is 11.6 Å². The molecule has 0 atom stereocenters. The van der Waals surface area contributed by atoms with E-state index < -0.39 is 10.0 Å². The first-order valence-corrected chi connectivity index (χ1v) is 12.8. The molecule has 174 valence electrons. The van der Waals surface area contributed by atoms with Crippen LogP contribution in [0.5, 0.6) is 0 Å². The molecule has 0 radical (unpaired) electrons. The summed E-state index contributed by atoms with van der Waals surface area (Å²) in [5.41, 5.74) is 4.39. The number of nitrogens with zero attached hydrogens (tertiary/aromatic N) is 1. The Morgan fingerprint density at radius 1 is 0.848 bits per heavy atom. The normalized spacial score (nSPS) is 11.4. The summed E-state index contributed by atoms with van der Waals surface area (Å²) in [5.74, 6) is -0.0578. The highest BCUT2D eigenvalue weighted by atomic mass is 32.2. The average molecular weight is 465 g/mol. The maximum atomic E-state index is 13.5. The summed E-state index contributed by atoms with van der Waals surface area (Å²) >= 11 is 0. The van der Waals surface area contributed by atoms with E-state index in [9.17, 15) is 13.2 Å². The van der Waals surface area contributed by atoms with Gasteiger partial charge in [0.1, 0.15) is 6.54 Å². The minimum absolute atomic E-state index is 0.147. The monoisotopic (exact) mass is 464 g/mol. The third-order valence-corrected chi connectivity index (χ3v) is 7.52. The van der Waals surface area contributed by atoms with Crippen LogP contribution in [0.2, 0.25) is 0 Å². The summed E-state index contributed by atoms with van der Waals surface area (Å²) in [7, 11) is -3.93. The molecule has 6 heteroatoms. The van der Waals surface area contributed by atoms with Gasteiger partial charge in [-0.05, 0) is 59.7 Å². The van der Waals surface area contributed by atoms with Gasteiger partial charge in [0.15, 0.2) is 0 Å². The molecule has 0 aliphatic heterocycles. The molecule has 3 rings (SSSR count). The molecule has 0 bridgehead atoms. The smallest absolute Gasteiger partial charge is 0.264 e. The highest BCUT2D eigenvalue weighted by Crippen LogP contribution is 2.27. The standard InChI is InChI=1S/C27H32N2O3S/c1-5-21-11-10-12-22(6-2)27(21)28-26(30)19-29(24-17-15-23(16-18-24)20(3)4)33(31,32)25-13-8-7-9-14-25/h7-18,20H,5-6,19H2,1-4H3,(H,28,30). The number of benzene rings is 3. The summed E-state index contributed by atoms with van der Waals surface area (Å²) < 4.78 is 28.2. The fraction of sp³-hybridized carbons (Fsp3) is 0.296. The average Bonchev–Trinajstić information content (AvgIpc) is 2.83. The number of hydrogen-bond acceptors (Lipinski definition) is 3. The minimum Gasteiger partial charge on any atom is -0.324 e. The maximum Gasteiger partial charge on any atom is 0.264 e. The molecule has 0 aliphatic rings. The number of anilines is 2. The second-order valence-corrected chi connectivity index (χ2v) is 10.1. The van der Waals surface area contributed by atoms with Crippen LogP contribution < -0.4 is 9.62 Å². The van der Waals surface area contributed by atoms with Crippen LogP contribution in [0.4, 0.5) is 11.4 Å². The van der Waals surface area contributed by atoms with Gasteiger partial charge in [-0.2, -0.15) is 0 Å². The molecule has 1 N–H and O–H groups in total. The Morgan fingerprint density at radius 2 is 1.42 bits per heavy atom. The first-order valence-electron chi connectivity index (χ1n) is 11.4. The fourth-order valence-electron chi connectivity index (χ4n) is 3.77. The Bertz CT molecular complexity index is 1170. The molecule has 1 amide bonds. The zero-order valence-corrected chi connectivity index (χ0v) is 20.5. The van der Waals surface area contributed by atoms with Crippen molar-refractivity contribution in [3.63, 3.8) is 0 Å². The van der Waals surface area contributed by atoms with Gasteiger partial charge < -0.3 is 5.32 Å². The van der Waals surface area contributed by atoms with Gasteiger partial charge >= 0.3 is 0 Å². The third-order valence-electron chi connectivity index (χ3n) is 5.73. The first-order chi connectivity index (χ1) is 15.8. The molecule has 0 saturated heterocycles. The zero-order valence-electron chi connectivity index (χ0n) is 19.7. The van der Waals surface area contributed by atoms with Crippen LogP contribution in [0.25, 0.3) is 0 Å². The van der Waals surface area contributed by atoms with Crippen LogP contribution in [0.15, 0.2) is 77.7 Å². The number of rotatable bonds is 9. The van der Waals surface area contributed by atoms with E-state index in [1.807, 2.05) is 44.2 Å². The lowest BCUT2D eigenvalue weighted by molar-refractivity contribution is -0.114. The van der Waals surface area contributed by atoms with E-state index in [2.05, 4.69) is 19.2 Å². The molecule has 3 aromatic carbocycles. The summed E-state index contributed by atoms with van der Waals surface area (Å²) in [4.78, 5) is 13.3. The SMILES string of the molecule is CCc1cccc(CC)c1NC(=O)CN(c1ccc(C(C)C)cc1)S(=O)(=O)c1ccccc1. The minimum atomic E-state index is -3.93. The van der Waals surface area contributed by atoms with E-state index >= 15 is 0 Å². The third kappa shape index (κ3) is 5.63. The number of para-hydroxylation sites is 1. The molecule has 0 saturated carbocycles. The predicted octanol–water partition coefficient (Wildman–Crippen LogP) is 5.77. The highest BCUT2D eigenvalue weighted by Gasteiger charge is 2.27. The summed E-state index contributed by atoms with van der Waals surface area (Å²) in [6, 6.07) is 21.5. The van der Waals surface area contributed by atoms with Crippen LogP contribution in [-0.4, -0.2) is 20.9 Å². The van der Waals surface area contributed by atoms with Crippen molar-refractivity contribution >= 4 is 27.3 Å². The van der Waals surface area contributed by atoms with E-state index in [4.69, 9.17) is 0 Å². The van der Waals surface area contributed by atoms with E-state index in [0.717, 1.165) is 35.2 Å². The summed E-state index contributed by atoms with van der Waals surface area (Å²) in [6.45, 7) is 7.91. The second-order valence-electron chi connectivity index (χ2n) is 8.28. The van der Waals surface area contributed by atoms with Crippen molar-refractivity contribution in [3.8, 4) is 0 Å². The molecule has 0 unspecified atom stereocenters. The van der Waals surface area contributed by atoms with Gasteiger partial charge in [-0.15, -0.1) is 0 Å². The van der Waals surface area contributed by atoms with E-state index in [1.54, 1.807) is 42.5 Å². The van der Waals surface area contributed by atoms with Crippen LogP contribution in [0.3, 0.4) is 0 Å². The number of hydrogen-bond donors (Lipinski definition) is 1. The van der Waals surface area contributed by atoms with Crippen LogP contribution >= 0.6 is 0 Å². The molecule has 0 fully saturated rings. The molecule has 0 spiro atoms. The zero-order chi connectivity index (χ0) is 24.0. The van der Waals surface area contributed by atoms with Crippen LogP contribution in [-0.2, 0) is 27.7 Å². The Morgan fingerprint density at radius 3 is 1.94 bits per heavy atom. The van der Waals surface area contributed by atoms with Crippen molar-refractivity contribution in [2.75, 3.05) is 16.2 Å². The Balaban J connectivity index is 1.98. The number of aryl methyl sites for hydroxylation is 2. The molecule has 0 heterocycles. The van der Waals surface area contributed by atoms with Gasteiger partial charge in [0.2, 0.25) is 5.91 Å². The van der Waals surface area contributed by atoms with Gasteiger partial charge in [0.05, 0.1) is 10.6 Å². The first kappa shape index (κ1) is 24.5. The van der Waals surface area contributed by atoms with Gasteiger partial charge in [-0.25, -0.2) is 8.42 Å². The maximum absolute atomic E-state index is 13.5. The molecular formula is C27H32N2O3S. The van der Waals surface area contributed by atoms with Crippen molar-refractivity contribution in [3.05, 3.63) is 89.5 Å². The van der Waals surface area contributed by atoms with Crippen LogP contribution in [0.1, 0.15) is 50.3 Å². The van der Waals surface area contributed by atoms with Crippen molar-refractivity contribution in [1.29, 1.82) is 0 Å². The van der Waals surface area contributed by atoms with Crippen LogP contribution in [0, 0.1) is 0 Å². The molecule has 5 nitrogen and oxygen atoms in total. The Labute approximate surface area is 197 Å². The summed E-state index contributed by atoms with van der Waals surface area (Å²) in [5, 5.41) is 2.99.